The van der Waals surface area contributed by atoms with E-state index in [2.05, 4.69) is 27.2 Å². The van der Waals surface area contributed by atoms with Crippen molar-refractivity contribution in [3.63, 3.8) is 0 Å². The van der Waals surface area contributed by atoms with Crippen LogP contribution in [0.15, 0.2) is 24.3 Å². The summed E-state index contributed by atoms with van der Waals surface area (Å²) in [4.78, 5) is 0. The van der Waals surface area contributed by atoms with E-state index in [1.54, 1.807) is 0 Å². The lowest BCUT2D eigenvalue weighted by Gasteiger charge is -2.23. The molecule has 0 aliphatic carbocycles. The van der Waals surface area contributed by atoms with Crippen molar-refractivity contribution in [1.82, 2.24) is 0 Å². The highest BCUT2D eigenvalue weighted by Gasteiger charge is 2.07. The quantitative estimate of drug-likeness (QED) is 0.620. The number of halogens is 1. The molecule has 1 aromatic rings. The first kappa shape index (κ1) is 9.56. The summed E-state index contributed by atoms with van der Waals surface area (Å²) < 4.78 is 0.931. The van der Waals surface area contributed by atoms with Crippen molar-refractivity contribution in [3.8, 4) is 0 Å². The molecule has 0 heterocycles. The molecule has 0 unspecified atom stereocenters. The summed E-state index contributed by atoms with van der Waals surface area (Å²) in [6, 6.07) is 8.02. The molecule has 2 heteroatoms. The van der Waals surface area contributed by atoms with Gasteiger partial charge in [0.15, 0.2) is 0 Å². The van der Waals surface area contributed by atoms with E-state index in [0.29, 0.717) is 0 Å². The number of hydrogen-bond donors (Lipinski definition) is 0. The van der Waals surface area contributed by atoms with Gasteiger partial charge in [-0.1, -0.05) is 23.7 Å². The first-order chi connectivity index (χ1) is 5.47. The lowest BCUT2D eigenvalue weighted by Crippen LogP contribution is -2.33. The van der Waals surface area contributed by atoms with Crippen LogP contribution in [0.2, 0.25) is 5.02 Å². The van der Waals surface area contributed by atoms with E-state index in [-0.39, 0.29) is 0 Å². The SMILES string of the molecule is C[N+](C)(C)Cc1cccc(Cl)c1. The highest BCUT2D eigenvalue weighted by molar-refractivity contribution is 6.30. The van der Waals surface area contributed by atoms with Crippen LogP contribution in [-0.4, -0.2) is 25.6 Å². The molecule has 0 radical (unpaired) electrons. The lowest BCUT2D eigenvalue weighted by atomic mass is 10.2. The Bertz CT molecular complexity index is 263. The van der Waals surface area contributed by atoms with Crippen molar-refractivity contribution in [3.05, 3.63) is 34.9 Å². The van der Waals surface area contributed by atoms with E-state index >= 15 is 0 Å². The number of nitrogens with zero attached hydrogens (tertiary/aromatic N) is 1. The molecule has 0 aliphatic rings. The van der Waals surface area contributed by atoms with E-state index in [0.717, 1.165) is 16.1 Å². The molecule has 12 heavy (non-hydrogen) atoms. The maximum Gasteiger partial charge on any atom is 0.104 e. The maximum atomic E-state index is 5.87. The Morgan fingerprint density at radius 3 is 2.42 bits per heavy atom. The van der Waals surface area contributed by atoms with Crippen LogP contribution in [0.5, 0.6) is 0 Å². The fourth-order valence-electron chi connectivity index (χ4n) is 1.18. The van der Waals surface area contributed by atoms with Gasteiger partial charge in [-0.05, 0) is 12.1 Å². The Balaban J connectivity index is 2.77. The maximum absolute atomic E-state index is 5.87. The molecule has 0 amide bonds. The summed E-state index contributed by atoms with van der Waals surface area (Å²) in [6.07, 6.45) is 0. The standard InChI is InChI=1S/C10H15ClN/c1-12(2,3)8-9-5-4-6-10(11)7-9/h4-7H,8H2,1-3H3/q+1. The average Bonchev–Trinajstić information content (AvgIpc) is 1.82. The Kier molecular flexibility index (Phi) is 2.76. The number of benzene rings is 1. The molecule has 66 valence electrons. The third-order valence-corrected chi connectivity index (χ3v) is 1.78. The van der Waals surface area contributed by atoms with Crippen molar-refractivity contribution in [2.45, 2.75) is 6.54 Å². The first-order valence-corrected chi connectivity index (χ1v) is 4.40. The number of quaternary nitrogens is 1. The molecule has 1 aromatic carbocycles. The van der Waals surface area contributed by atoms with Gasteiger partial charge in [-0.3, -0.25) is 0 Å². The van der Waals surface area contributed by atoms with E-state index in [4.69, 9.17) is 11.6 Å². The van der Waals surface area contributed by atoms with Gasteiger partial charge in [0.1, 0.15) is 6.54 Å². The molecule has 0 aliphatic heterocycles. The zero-order valence-electron chi connectivity index (χ0n) is 7.84. The molecule has 0 atom stereocenters. The van der Waals surface area contributed by atoms with Gasteiger partial charge in [-0.25, -0.2) is 0 Å². The van der Waals surface area contributed by atoms with Crippen LogP contribution in [0, 0.1) is 0 Å². The molecule has 0 spiro atoms. The predicted octanol–water partition coefficient (Wildman–Crippen LogP) is 2.55. The molecule has 0 saturated heterocycles. The Morgan fingerprint density at radius 1 is 1.25 bits per heavy atom. The van der Waals surface area contributed by atoms with E-state index < -0.39 is 0 Å². The molecular weight excluding hydrogens is 170 g/mol. The summed E-state index contributed by atoms with van der Waals surface area (Å²) in [5.41, 5.74) is 1.29. The average molecular weight is 185 g/mol. The monoisotopic (exact) mass is 184 g/mol. The Hall–Kier alpha value is -0.530. The summed E-state index contributed by atoms with van der Waals surface area (Å²) in [7, 11) is 6.50. The van der Waals surface area contributed by atoms with Gasteiger partial charge in [0.25, 0.3) is 0 Å². The van der Waals surface area contributed by atoms with Crippen LogP contribution >= 0.6 is 11.6 Å². The van der Waals surface area contributed by atoms with Gasteiger partial charge < -0.3 is 4.48 Å². The fraction of sp³-hybridized carbons (Fsp3) is 0.400. The normalized spacial score (nSPS) is 11.7. The molecule has 0 fully saturated rings. The second-order valence-electron chi connectivity index (χ2n) is 4.08. The lowest BCUT2D eigenvalue weighted by molar-refractivity contribution is -0.884. The minimum Gasteiger partial charge on any atom is -0.327 e. The van der Waals surface area contributed by atoms with Crippen LogP contribution in [0.25, 0.3) is 0 Å². The Labute approximate surface area is 79.2 Å². The van der Waals surface area contributed by atoms with E-state index in [9.17, 15) is 0 Å². The topological polar surface area (TPSA) is 0 Å². The highest BCUT2D eigenvalue weighted by Crippen LogP contribution is 2.13. The van der Waals surface area contributed by atoms with Gasteiger partial charge >= 0.3 is 0 Å². The molecule has 0 aromatic heterocycles. The largest absolute Gasteiger partial charge is 0.327 e. The summed E-state index contributed by atoms with van der Waals surface area (Å²) in [5.74, 6) is 0. The van der Waals surface area contributed by atoms with Crippen LogP contribution in [0.1, 0.15) is 5.56 Å². The number of hydrogen-bond acceptors (Lipinski definition) is 0. The van der Waals surface area contributed by atoms with Crippen LogP contribution in [0.3, 0.4) is 0 Å². The van der Waals surface area contributed by atoms with Crippen molar-refractivity contribution in [1.29, 1.82) is 0 Å². The zero-order valence-corrected chi connectivity index (χ0v) is 8.60. The Morgan fingerprint density at radius 2 is 1.92 bits per heavy atom. The molecule has 0 N–H and O–H groups in total. The summed E-state index contributed by atoms with van der Waals surface area (Å²) in [5, 5.41) is 0.820. The van der Waals surface area contributed by atoms with Crippen molar-refractivity contribution < 1.29 is 4.48 Å². The van der Waals surface area contributed by atoms with E-state index in [1.807, 2.05) is 18.2 Å². The predicted molar refractivity (Wildman–Crippen MR) is 53.2 cm³/mol. The van der Waals surface area contributed by atoms with Crippen molar-refractivity contribution in [2.24, 2.45) is 0 Å². The minimum absolute atomic E-state index is 0.820. The fourth-order valence-corrected chi connectivity index (χ4v) is 1.40. The molecule has 0 bridgehead atoms. The third-order valence-electron chi connectivity index (χ3n) is 1.55. The van der Waals surface area contributed by atoms with Gasteiger partial charge in [0.05, 0.1) is 21.1 Å². The second kappa shape index (κ2) is 3.46. The highest BCUT2D eigenvalue weighted by atomic mass is 35.5. The van der Waals surface area contributed by atoms with E-state index in [1.165, 1.54) is 5.56 Å². The minimum atomic E-state index is 0.820. The van der Waals surface area contributed by atoms with Gasteiger partial charge in [0.2, 0.25) is 0 Å². The number of rotatable bonds is 2. The van der Waals surface area contributed by atoms with Crippen molar-refractivity contribution >= 4 is 11.6 Å². The summed E-state index contributed by atoms with van der Waals surface area (Å²) >= 11 is 5.87. The van der Waals surface area contributed by atoms with Crippen LogP contribution in [0.4, 0.5) is 0 Å². The summed E-state index contributed by atoms with van der Waals surface area (Å²) in [6.45, 7) is 1.01. The smallest absolute Gasteiger partial charge is 0.104 e. The van der Waals surface area contributed by atoms with Crippen LogP contribution in [-0.2, 0) is 6.54 Å². The second-order valence-corrected chi connectivity index (χ2v) is 4.51. The molecule has 1 rings (SSSR count). The third kappa shape index (κ3) is 3.24. The first-order valence-electron chi connectivity index (χ1n) is 4.02. The van der Waals surface area contributed by atoms with Crippen LogP contribution < -0.4 is 0 Å². The van der Waals surface area contributed by atoms with Crippen molar-refractivity contribution in [2.75, 3.05) is 21.1 Å². The van der Waals surface area contributed by atoms with Gasteiger partial charge in [-0.15, -0.1) is 0 Å². The molecule has 1 nitrogen and oxygen atoms in total. The zero-order chi connectivity index (χ0) is 9.19. The van der Waals surface area contributed by atoms with Gasteiger partial charge in [0, 0.05) is 10.6 Å². The molecule has 0 saturated carbocycles. The molecular formula is C10H15ClN+. The van der Waals surface area contributed by atoms with Gasteiger partial charge in [-0.2, -0.15) is 0 Å².